The largest absolute Gasteiger partial charge is 0.495 e. The minimum atomic E-state index is 0. The van der Waals surface area contributed by atoms with Crippen LogP contribution in [0.4, 0.5) is 5.69 Å². The van der Waals surface area contributed by atoms with E-state index in [1.54, 1.807) is 7.11 Å². The van der Waals surface area contributed by atoms with Crippen LogP contribution in [-0.4, -0.2) is 49.5 Å². The summed E-state index contributed by atoms with van der Waals surface area (Å²) >= 11 is 0. The zero-order valence-electron chi connectivity index (χ0n) is 20.4. The van der Waals surface area contributed by atoms with Crippen LogP contribution in [0.2, 0.25) is 0 Å². The van der Waals surface area contributed by atoms with Crippen molar-refractivity contribution >= 4 is 35.6 Å². The number of anilines is 1. The second kappa shape index (κ2) is 12.1. The van der Waals surface area contributed by atoms with Gasteiger partial charge < -0.3 is 20.3 Å². The van der Waals surface area contributed by atoms with E-state index in [-0.39, 0.29) is 24.0 Å². The fourth-order valence-electron chi connectivity index (χ4n) is 4.49. The summed E-state index contributed by atoms with van der Waals surface area (Å²) in [7, 11) is 3.55. The summed E-state index contributed by atoms with van der Waals surface area (Å²) in [4.78, 5) is 6.84. The van der Waals surface area contributed by atoms with Crippen LogP contribution in [0, 0.1) is 19.8 Å². The van der Waals surface area contributed by atoms with E-state index in [1.807, 2.05) is 30.8 Å². The molecule has 0 radical (unpaired) electrons. The van der Waals surface area contributed by atoms with Gasteiger partial charge in [0.15, 0.2) is 5.96 Å². The average molecular weight is 575 g/mol. The SMILES string of the molecule is CN=C(NCc1ccccc1-n1nc(C)cc1C)NCC1CCN(c2ccccc2OC)C1.I. The standard InChI is InChI=1S/C26H34N6O.HI/c1-19-15-20(2)32(30-19)23-10-6-5-9-22(23)17-29-26(27-3)28-16-21-13-14-31(18-21)24-11-7-8-12-25(24)33-4;/h5-12,15,21H,13-14,16-18H2,1-4H3,(H2,27,28,29);1H. The molecular formula is C26H35IN6O. The lowest BCUT2D eigenvalue weighted by Gasteiger charge is -2.21. The minimum Gasteiger partial charge on any atom is -0.495 e. The van der Waals surface area contributed by atoms with Gasteiger partial charge in [-0.15, -0.1) is 24.0 Å². The number of nitrogens with zero attached hydrogens (tertiary/aromatic N) is 4. The zero-order chi connectivity index (χ0) is 23.2. The molecule has 1 atom stereocenters. The highest BCUT2D eigenvalue weighted by Crippen LogP contribution is 2.31. The number of guanidine groups is 1. The maximum atomic E-state index is 5.54. The van der Waals surface area contributed by atoms with Crippen LogP contribution >= 0.6 is 24.0 Å². The summed E-state index contributed by atoms with van der Waals surface area (Å²) in [5.74, 6) is 2.30. The number of halogens is 1. The Morgan fingerprint density at radius 3 is 2.53 bits per heavy atom. The number of hydrogen-bond acceptors (Lipinski definition) is 4. The van der Waals surface area contributed by atoms with Gasteiger partial charge in [0.1, 0.15) is 5.75 Å². The summed E-state index contributed by atoms with van der Waals surface area (Å²) in [6.45, 7) is 7.70. The summed E-state index contributed by atoms with van der Waals surface area (Å²) < 4.78 is 7.55. The van der Waals surface area contributed by atoms with Gasteiger partial charge in [-0.05, 0) is 56.0 Å². The van der Waals surface area contributed by atoms with Gasteiger partial charge in [-0.1, -0.05) is 30.3 Å². The molecule has 1 fully saturated rings. The third-order valence-corrected chi connectivity index (χ3v) is 6.17. The Kier molecular flexibility index (Phi) is 9.20. The maximum absolute atomic E-state index is 5.54. The molecule has 2 heterocycles. The Hall–Kier alpha value is -2.75. The number of aromatic nitrogens is 2. The van der Waals surface area contributed by atoms with E-state index in [9.17, 15) is 0 Å². The van der Waals surface area contributed by atoms with Crippen LogP contribution in [0.1, 0.15) is 23.4 Å². The van der Waals surface area contributed by atoms with E-state index >= 15 is 0 Å². The highest BCUT2D eigenvalue weighted by atomic mass is 127. The van der Waals surface area contributed by atoms with Gasteiger partial charge in [-0.2, -0.15) is 5.10 Å². The lowest BCUT2D eigenvalue weighted by molar-refractivity contribution is 0.414. The first-order valence-corrected chi connectivity index (χ1v) is 11.5. The molecule has 2 aromatic carbocycles. The molecule has 1 aliphatic rings. The van der Waals surface area contributed by atoms with Gasteiger partial charge in [0.2, 0.25) is 0 Å². The Morgan fingerprint density at radius 2 is 1.82 bits per heavy atom. The molecule has 1 aromatic heterocycles. The van der Waals surface area contributed by atoms with Crippen molar-refractivity contribution in [3.8, 4) is 11.4 Å². The number of hydrogen-bond donors (Lipinski definition) is 2. The van der Waals surface area contributed by atoms with Gasteiger partial charge in [-0.3, -0.25) is 4.99 Å². The van der Waals surface area contributed by atoms with Gasteiger partial charge >= 0.3 is 0 Å². The van der Waals surface area contributed by atoms with Crippen molar-refractivity contribution in [2.75, 3.05) is 38.7 Å². The summed E-state index contributed by atoms with van der Waals surface area (Å²) in [5, 5.41) is 11.6. The molecule has 0 amide bonds. The first-order valence-electron chi connectivity index (χ1n) is 11.5. The monoisotopic (exact) mass is 574 g/mol. The van der Waals surface area contributed by atoms with Crippen molar-refractivity contribution in [1.82, 2.24) is 20.4 Å². The Bertz CT molecular complexity index is 1110. The Morgan fingerprint density at radius 1 is 1.09 bits per heavy atom. The van der Waals surface area contributed by atoms with Gasteiger partial charge in [-0.25, -0.2) is 4.68 Å². The Labute approximate surface area is 219 Å². The van der Waals surface area contributed by atoms with E-state index in [0.717, 1.165) is 54.8 Å². The quantitative estimate of drug-likeness (QED) is 0.250. The molecule has 4 rings (SSSR count). The number of ether oxygens (including phenoxy) is 1. The number of rotatable bonds is 7. The molecular weight excluding hydrogens is 539 g/mol. The molecule has 0 saturated carbocycles. The molecule has 1 saturated heterocycles. The number of para-hydroxylation sites is 3. The third-order valence-electron chi connectivity index (χ3n) is 6.17. The molecule has 1 aliphatic heterocycles. The number of aryl methyl sites for hydroxylation is 2. The van der Waals surface area contributed by atoms with Crippen LogP contribution in [-0.2, 0) is 6.54 Å². The molecule has 0 spiro atoms. The zero-order valence-corrected chi connectivity index (χ0v) is 22.7. The summed E-state index contributed by atoms with van der Waals surface area (Å²) in [5.41, 5.74) is 5.59. The van der Waals surface area contributed by atoms with Crippen molar-refractivity contribution < 1.29 is 4.74 Å². The van der Waals surface area contributed by atoms with Crippen LogP contribution in [0.3, 0.4) is 0 Å². The molecule has 2 N–H and O–H groups in total. The normalized spacial score (nSPS) is 15.7. The molecule has 8 heteroatoms. The van der Waals surface area contributed by atoms with Crippen LogP contribution in [0.25, 0.3) is 5.69 Å². The highest BCUT2D eigenvalue weighted by molar-refractivity contribution is 14.0. The first-order chi connectivity index (χ1) is 16.1. The average Bonchev–Trinajstić information content (AvgIpc) is 3.45. The molecule has 1 unspecified atom stereocenters. The fourth-order valence-corrected chi connectivity index (χ4v) is 4.49. The number of benzene rings is 2. The predicted molar refractivity (Wildman–Crippen MR) is 150 cm³/mol. The topological polar surface area (TPSA) is 66.7 Å². The van der Waals surface area contributed by atoms with E-state index in [4.69, 9.17) is 4.74 Å². The lowest BCUT2D eigenvalue weighted by Crippen LogP contribution is -2.40. The van der Waals surface area contributed by atoms with Gasteiger partial charge in [0.25, 0.3) is 0 Å². The van der Waals surface area contributed by atoms with E-state index in [0.29, 0.717) is 12.5 Å². The van der Waals surface area contributed by atoms with E-state index in [1.165, 1.54) is 11.3 Å². The summed E-state index contributed by atoms with van der Waals surface area (Å²) in [6, 6.07) is 18.7. The van der Waals surface area contributed by atoms with Crippen LogP contribution < -0.4 is 20.3 Å². The molecule has 182 valence electrons. The van der Waals surface area contributed by atoms with Crippen molar-refractivity contribution in [1.29, 1.82) is 0 Å². The van der Waals surface area contributed by atoms with Crippen molar-refractivity contribution in [2.24, 2.45) is 10.9 Å². The van der Waals surface area contributed by atoms with Crippen molar-refractivity contribution in [2.45, 2.75) is 26.8 Å². The molecule has 3 aromatic rings. The molecule has 34 heavy (non-hydrogen) atoms. The van der Waals surface area contributed by atoms with Gasteiger partial charge in [0.05, 0.1) is 24.2 Å². The summed E-state index contributed by atoms with van der Waals surface area (Å²) in [6.07, 6.45) is 1.14. The van der Waals surface area contributed by atoms with Crippen LogP contribution in [0.15, 0.2) is 59.6 Å². The third kappa shape index (κ3) is 6.02. The maximum Gasteiger partial charge on any atom is 0.191 e. The molecule has 7 nitrogen and oxygen atoms in total. The van der Waals surface area contributed by atoms with E-state index < -0.39 is 0 Å². The van der Waals surface area contributed by atoms with Crippen LogP contribution in [0.5, 0.6) is 5.75 Å². The molecule has 0 aliphatic carbocycles. The minimum absolute atomic E-state index is 0. The Balaban J connectivity index is 0.00000324. The lowest BCUT2D eigenvalue weighted by atomic mass is 10.1. The number of aliphatic imine (C=N–C) groups is 1. The second-order valence-electron chi connectivity index (χ2n) is 8.55. The molecule has 0 bridgehead atoms. The van der Waals surface area contributed by atoms with E-state index in [2.05, 4.69) is 75.0 Å². The van der Waals surface area contributed by atoms with Crippen molar-refractivity contribution in [3.63, 3.8) is 0 Å². The smallest absolute Gasteiger partial charge is 0.191 e. The highest BCUT2D eigenvalue weighted by Gasteiger charge is 2.24. The van der Waals surface area contributed by atoms with Crippen molar-refractivity contribution in [3.05, 3.63) is 71.5 Å². The second-order valence-corrected chi connectivity index (χ2v) is 8.55. The number of methoxy groups -OCH3 is 1. The first kappa shape index (κ1) is 25.9. The fraction of sp³-hybridized carbons (Fsp3) is 0.385. The van der Waals surface area contributed by atoms with Gasteiger partial charge in [0, 0.05) is 38.9 Å². The predicted octanol–water partition coefficient (Wildman–Crippen LogP) is 4.31. The number of nitrogens with one attached hydrogen (secondary N) is 2.